The number of carbonyl (C=O) groups is 1. The summed E-state index contributed by atoms with van der Waals surface area (Å²) in [7, 11) is 0. The number of amides is 2. The average molecular weight is 369 g/mol. The van der Waals surface area contributed by atoms with Gasteiger partial charge in [0.25, 0.3) is 0 Å². The van der Waals surface area contributed by atoms with Gasteiger partial charge in [-0.3, -0.25) is 0 Å². The molecule has 0 N–H and O–H groups in total. The second-order valence-electron chi connectivity index (χ2n) is 7.24. The smallest absolute Gasteiger partial charge is 0.322 e. The summed E-state index contributed by atoms with van der Waals surface area (Å²) in [5.74, 6) is -0.534. The maximum absolute atomic E-state index is 13.6. The van der Waals surface area contributed by atoms with Gasteiger partial charge in [0.05, 0.1) is 6.04 Å². The lowest BCUT2D eigenvalue weighted by Gasteiger charge is -2.44. The van der Waals surface area contributed by atoms with Gasteiger partial charge in [0, 0.05) is 37.7 Å². The van der Waals surface area contributed by atoms with E-state index >= 15 is 0 Å². The summed E-state index contributed by atoms with van der Waals surface area (Å²) in [6, 6.07) is 12.9. The van der Waals surface area contributed by atoms with E-state index in [1.54, 1.807) is 11.1 Å². The molecule has 4 rings (SSSR count). The predicted molar refractivity (Wildman–Crippen MR) is 99.4 cm³/mol. The fourth-order valence-electron chi connectivity index (χ4n) is 3.80. The quantitative estimate of drug-likeness (QED) is 0.782. The fraction of sp³-hybridized carbons (Fsp3) is 0.333. The summed E-state index contributed by atoms with van der Waals surface area (Å²) >= 11 is 0. The first-order valence-electron chi connectivity index (χ1n) is 9.14. The van der Waals surface area contributed by atoms with Crippen LogP contribution in [0.25, 0.3) is 0 Å². The number of likely N-dealkylation sites (tertiary alicyclic amines) is 1. The molecule has 2 atom stereocenters. The van der Waals surface area contributed by atoms with Crippen LogP contribution in [0.3, 0.4) is 0 Å². The van der Waals surface area contributed by atoms with E-state index in [0.717, 1.165) is 6.07 Å². The van der Waals surface area contributed by atoms with Crippen LogP contribution in [0, 0.1) is 17.6 Å². The number of rotatable bonds is 3. The maximum Gasteiger partial charge on any atom is 0.341 e. The third kappa shape index (κ3) is 3.44. The monoisotopic (exact) mass is 369 g/mol. The van der Waals surface area contributed by atoms with Gasteiger partial charge in [0.1, 0.15) is 11.6 Å². The Bertz CT molecular complexity index is 845. The van der Waals surface area contributed by atoms with Crippen LogP contribution in [0.2, 0.25) is 0 Å². The molecule has 2 aliphatic rings. The van der Waals surface area contributed by atoms with Gasteiger partial charge in [0.15, 0.2) is 0 Å². The topological polar surface area (TPSA) is 35.9 Å². The molecular formula is C21H21F2N3O. The van der Waals surface area contributed by atoms with Crippen molar-refractivity contribution in [1.82, 2.24) is 9.91 Å². The van der Waals surface area contributed by atoms with Gasteiger partial charge in [-0.05, 0) is 29.2 Å². The molecule has 140 valence electrons. The third-order valence-electron chi connectivity index (χ3n) is 5.51. The lowest BCUT2D eigenvalue weighted by Crippen LogP contribution is -2.55. The number of benzene rings is 2. The zero-order chi connectivity index (χ0) is 19.0. The van der Waals surface area contributed by atoms with Crippen molar-refractivity contribution in [2.24, 2.45) is 11.0 Å². The normalized spacial score (nSPS) is 20.6. The molecule has 0 spiro atoms. The summed E-state index contributed by atoms with van der Waals surface area (Å²) in [5, 5.41) is 5.50. The van der Waals surface area contributed by atoms with Gasteiger partial charge >= 0.3 is 6.03 Å². The van der Waals surface area contributed by atoms with Crippen LogP contribution in [-0.4, -0.2) is 35.2 Å². The molecule has 2 aromatic rings. The predicted octanol–water partition coefficient (Wildman–Crippen LogP) is 4.55. The summed E-state index contributed by atoms with van der Waals surface area (Å²) in [4.78, 5) is 14.6. The highest BCUT2D eigenvalue weighted by atomic mass is 19.1. The minimum absolute atomic E-state index is 0.213. The van der Waals surface area contributed by atoms with E-state index in [1.807, 2.05) is 18.2 Å². The van der Waals surface area contributed by atoms with Crippen LogP contribution in [0.4, 0.5) is 13.6 Å². The standard InChI is InChI=1S/C21H21F2N3O/c1-14(15-5-3-2-4-6-15)17-12-25(13-17)21(27)26-20(7-8-24-26)16-9-18(22)11-19(23)10-16/h2-6,8-11,14,17,20H,7,12-13H2,1H3/t14?,20-/m0/s1. The van der Waals surface area contributed by atoms with Crippen molar-refractivity contribution in [2.45, 2.75) is 25.3 Å². The van der Waals surface area contributed by atoms with Crippen LogP contribution < -0.4 is 0 Å². The Morgan fingerprint density at radius 2 is 1.78 bits per heavy atom. The van der Waals surface area contributed by atoms with Crippen LogP contribution in [0.15, 0.2) is 53.6 Å². The highest BCUT2D eigenvalue weighted by molar-refractivity contribution is 5.79. The molecule has 1 fully saturated rings. The molecule has 1 unspecified atom stereocenters. The van der Waals surface area contributed by atoms with E-state index in [1.165, 1.54) is 22.7 Å². The molecule has 0 radical (unpaired) electrons. The molecule has 0 bridgehead atoms. The summed E-state index contributed by atoms with van der Waals surface area (Å²) in [5.41, 5.74) is 1.69. The van der Waals surface area contributed by atoms with Crippen LogP contribution in [-0.2, 0) is 0 Å². The Labute approximate surface area is 157 Å². The Morgan fingerprint density at radius 3 is 2.44 bits per heavy atom. The van der Waals surface area contributed by atoms with E-state index in [4.69, 9.17) is 0 Å². The molecule has 2 aliphatic heterocycles. The second kappa shape index (κ2) is 7.10. The first-order valence-corrected chi connectivity index (χ1v) is 9.14. The molecule has 1 saturated heterocycles. The molecule has 0 aromatic heterocycles. The number of hydrazone groups is 1. The first-order chi connectivity index (χ1) is 13.0. The maximum atomic E-state index is 13.6. The molecular weight excluding hydrogens is 348 g/mol. The van der Waals surface area contributed by atoms with Crippen molar-refractivity contribution in [3.63, 3.8) is 0 Å². The van der Waals surface area contributed by atoms with E-state index in [0.29, 0.717) is 36.9 Å². The second-order valence-corrected chi connectivity index (χ2v) is 7.24. The van der Waals surface area contributed by atoms with E-state index < -0.39 is 17.7 Å². The summed E-state index contributed by atoms with van der Waals surface area (Å²) < 4.78 is 27.1. The minimum Gasteiger partial charge on any atom is -0.322 e. The zero-order valence-electron chi connectivity index (χ0n) is 15.1. The van der Waals surface area contributed by atoms with E-state index in [2.05, 4.69) is 24.2 Å². The van der Waals surface area contributed by atoms with Crippen molar-refractivity contribution in [3.8, 4) is 0 Å². The van der Waals surface area contributed by atoms with Crippen LogP contribution in [0.5, 0.6) is 0 Å². The Hall–Kier alpha value is -2.76. The minimum atomic E-state index is -0.648. The highest BCUT2D eigenvalue weighted by Crippen LogP contribution is 2.35. The molecule has 0 aliphatic carbocycles. The van der Waals surface area contributed by atoms with Crippen molar-refractivity contribution < 1.29 is 13.6 Å². The van der Waals surface area contributed by atoms with E-state index in [9.17, 15) is 13.6 Å². The molecule has 2 heterocycles. The number of hydrogen-bond donors (Lipinski definition) is 0. The van der Waals surface area contributed by atoms with Crippen molar-refractivity contribution in [3.05, 3.63) is 71.3 Å². The molecule has 27 heavy (non-hydrogen) atoms. The van der Waals surface area contributed by atoms with Crippen LogP contribution in [0.1, 0.15) is 36.4 Å². The average Bonchev–Trinajstić information content (AvgIpc) is 3.10. The van der Waals surface area contributed by atoms with Gasteiger partial charge in [-0.15, -0.1) is 0 Å². The van der Waals surface area contributed by atoms with Crippen molar-refractivity contribution in [1.29, 1.82) is 0 Å². The fourth-order valence-corrected chi connectivity index (χ4v) is 3.80. The number of carbonyl (C=O) groups excluding carboxylic acids is 1. The number of hydrogen-bond acceptors (Lipinski definition) is 2. The van der Waals surface area contributed by atoms with Gasteiger partial charge in [-0.2, -0.15) is 5.10 Å². The van der Waals surface area contributed by atoms with Gasteiger partial charge in [-0.25, -0.2) is 18.6 Å². The van der Waals surface area contributed by atoms with Gasteiger partial charge in [-0.1, -0.05) is 37.3 Å². The SMILES string of the molecule is CC(c1ccccc1)C1CN(C(=O)N2N=CC[C@H]2c2cc(F)cc(F)c2)C1. The Morgan fingerprint density at radius 1 is 1.11 bits per heavy atom. The van der Waals surface area contributed by atoms with Crippen molar-refractivity contribution >= 4 is 12.2 Å². The lowest BCUT2D eigenvalue weighted by molar-refractivity contribution is 0.0745. The van der Waals surface area contributed by atoms with Crippen LogP contribution >= 0.6 is 0 Å². The largest absolute Gasteiger partial charge is 0.341 e. The summed E-state index contributed by atoms with van der Waals surface area (Å²) in [6.07, 6.45) is 2.07. The first kappa shape index (κ1) is 17.6. The number of nitrogens with zero attached hydrogens (tertiary/aromatic N) is 3. The summed E-state index contributed by atoms with van der Waals surface area (Å²) in [6.45, 7) is 3.49. The Kier molecular flexibility index (Phi) is 4.64. The van der Waals surface area contributed by atoms with Gasteiger partial charge in [0.2, 0.25) is 0 Å². The number of urea groups is 1. The Balaban J connectivity index is 1.42. The molecule has 2 amide bonds. The molecule has 2 aromatic carbocycles. The lowest BCUT2D eigenvalue weighted by atomic mass is 9.82. The highest BCUT2D eigenvalue weighted by Gasteiger charge is 2.40. The molecule has 4 nitrogen and oxygen atoms in total. The van der Waals surface area contributed by atoms with Crippen molar-refractivity contribution in [2.75, 3.05) is 13.1 Å². The third-order valence-corrected chi connectivity index (χ3v) is 5.51. The zero-order valence-corrected chi connectivity index (χ0v) is 15.1. The molecule has 0 saturated carbocycles. The van der Waals surface area contributed by atoms with Gasteiger partial charge < -0.3 is 4.90 Å². The molecule has 6 heteroatoms. The van der Waals surface area contributed by atoms with E-state index in [-0.39, 0.29) is 6.03 Å². The number of halogens is 2.